The Kier molecular flexibility index (Phi) is 2.63. The monoisotopic (exact) mass is 137 g/mol. The van der Waals surface area contributed by atoms with Gasteiger partial charge in [-0.2, -0.15) is 0 Å². The van der Waals surface area contributed by atoms with Crippen molar-refractivity contribution in [2.75, 3.05) is 0 Å². The van der Waals surface area contributed by atoms with Gasteiger partial charge in [0, 0.05) is 5.78 Å². The summed E-state index contributed by atoms with van der Waals surface area (Å²) < 4.78 is 9.91. The molecule has 0 aliphatic carbocycles. The predicted molar refractivity (Wildman–Crippen MR) is 25.9 cm³/mol. The van der Waals surface area contributed by atoms with E-state index in [4.69, 9.17) is 5.73 Å². The summed E-state index contributed by atoms with van der Waals surface area (Å²) in [6, 6.07) is 0. The van der Waals surface area contributed by atoms with Gasteiger partial charge in [-0.15, -0.1) is 0 Å². The zero-order chi connectivity index (χ0) is 6.78. The normalized spacial score (nSPS) is 16.0. The minimum Gasteiger partial charge on any atom is -0.810 e. The minimum absolute atomic E-state index is 0.185. The van der Waals surface area contributed by atoms with Gasteiger partial charge in [0.25, 0.3) is 0 Å². The summed E-state index contributed by atoms with van der Waals surface area (Å²) >= 11 is 0. The average Bonchev–Trinajstić information content (AvgIpc) is 1.62. The second kappa shape index (κ2) is 2.60. The summed E-state index contributed by atoms with van der Waals surface area (Å²) in [6.07, 6.45) is 0.185. The molecular weight excluding hydrogens is 129 g/mol. The van der Waals surface area contributed by atoms with Crippen LogP contribution in [0.2, 0.25) is 0 Å². The number of nitrogens with two attached hydrogens (primary N) is 1. The Morgan fingerprint density at radius 3 is 2.12 bits per heavy atom. The van der Waals surface area contributed by atoms with Crippen molar-refractivity contribution in [3.05, 3.63) is 0 Å². The fourth-order valence-corrected chi connectivity index (χ4v) is 0.671. The van der Waals surface area contributed by atoms with Crippen molar-refractivity contribution in [1.82, 2.24) is 0 Å². The van der Waals surface area contributed by atoms with Gasteiger partial charge >= 0.3 is 0 Å². The maximum atomic E-state index is 9.91. The molecule has 0 fully saturated rings. The van der Waals surface area contributed by atoms with Crippen LogP contribution < -0.4 is 15.5 Å². The van der Waals surface area contributed by atoms with Gasteiger partial charge in [-0.25, -0.2) is 0 Å². The smallest absolute Gasteiger partial charge is 0.0317 e. The first-order valence-corrected chi connectivity index (χ1v) is 3.87. The molecule has 0 amide bonds. The van der Waals surface area contributed by atoms with Gasteiger partial charge in [-0.05, 0) is 6.42 Å². The summed E-state index contributed by atoms with van der Waals surface area (Å²) in [5.41, 5.74) is 4.86. The Morgan fingerprint density at radius 1 is 1.75 bits per heavy atom. The van der Waals surface area contributed by atoms with Gasteiger partial charge in [-0.3, -0.25) is 0 Å². The second-order valence-electron chi connectivity index (χ2n) is 1.52. The average molecular weight is 137 g/mol. The van der Waals surface area contributed by atoms with Crippen molar-refractivity contribution in [2.45, 2.75) is 19.1 Å². The van der Waals surface area contributed by atoms with Gasteiger partial charge in [0.15, 0.2) is 0 Å². The molecule has 0 aromatic rings. The predicted octanol–water partition coefficient (Wildman–Crippen LogP) is -1.41. The molecule has 8 heavy (non-hydrogen) atoms. The van der Waals surface area contributed by atoms with E-state index in [0.717, 1.165) is 0 Å². The van der Waals surface area contributed by atoms with E-state index in [0.29, 0.717) is 0 Å². The SMILES string of the molecule is CCC(N)P(=O)([O-])[O-]. The molecule has 1 unspecified atom stereocenters. The zero-order valence-electron chi connectivity index (χ0n) is 4.53. The van der Waals surface area contributed by atoms with Crippen LogP contribution in [0.1, 0.15) is 13.3 Å². The van der Waals surface area contributed by atoms with Gasteiger partial charge in [-0.1, -0.05) is 14.5 Å². The maximum Gasteiger partial charge on any atom is 0.0317 e. The Labute approximate surface area is 47.9 Å². The molecule has 2 N–H and O–H groups in total. The molecule has 5 heteroatoms. The van der Waals surface area contributed by atoms with Crippen molar-refractivity contribution >= 4 is 7.60 Å². The lowest BCUT2D eigenvalue weighted by Gasteiger charge is -2.34. The van der Waals surface area contributed by atoms with Crippen molar-refractivity contribution in [1.29, 1.82) is 0 Å². The quantitative estimate of drug-likeness (QED) is 0.473. The lowest BCUT2D eigenvalue weighted by molar-refractivity contribution is -0.316. The van der Waals surface area contributed by atoms with Crippen molar-refractivity contribution < 1.29 is 14.4 Å². The van der Waals surface area contributed by atoms with Gasteiger partial charge in [0.1, 0.15) is 0 Å². The summed E-state index contributed by atoms with van der Waals surface area (Å²) in [7, 11) is -4.48. The molecule has 0 saturated carbocycles. The fourth-order valence-electron chi connectivity index (χ4n) is 0.224. The lowest BCUT2D eigenvalue weighted by atomic mass is 10.5. The Balaban J connectivity index is 3.82. The number of hydrogen-bond donors (Lipinski definition) is 1. The summed E-state index contributed by atoms with van der Waals surface area (Å²) in [5, 5.41) is 0. The van der Waals surface area contributed by atoms with E-state index in [1.54, 1.807) is 6.92 Å². The van der Waals surface area contributed by atoms with Crippen molar-refractivity contribution in [3.8, 4) is 0 Å². The van der Waals surface area contributed by atoms with E-state index in [2.05, 4.69) is 0 Å². The Hall–Kier alpha value is 0.110. The highest BCUT2D eigenvalue weighted by Gasteiger charge is 2.00. The molecule has 0 aromatic heterocycles. The molecule has 0 heterocycles. The van der Waals surface area contributed by atoms with Crippen LogP contribution >= 0.6 is 7.60 Å². The highest BCUT2D eigenvalue weighted by Crippen LogP contribution is 2.28. The largest absolute Gasteiger partial charge is 0.810 e. The topological polar surface area (TPSA) is 89.2 Å². The molecular formula is C3H8NO3P-2. The molecule has 0 radical (unpaired) electrons. The Morgan fingerprint density at radius 2 is 2.12 bits per heavy atom. The lowest BCUT2D eigenvalue weighted by Crippen LogP contribution is -2.31. The summed E-state index contributed by atoms with van der Waals surface area (Å²) in [6.45, 7) is 1.55. The maximum absolute atomic E-state index is 9.91. The second-order valence-corrected chi connectivity index (χ2v) is 3.26. The third-order valence-electron chi connectivity index (χ3n) is 0.824. The van der Waals surface area contributed by atoms with Crippen molar-refractivity contribution in [3.63, 3.8) is 0 Å². The van der Waals surface area contributed by atoms with Crippen LogP contribution in [-0.4, -0.2) is 5.78 Å². The fraction of sp³-hybridized carbons (Fsp3) is 1.00. The van der Waals surface area contributed by atoms with Crippen LogP contribution in [0.3, 0.4) is 0 Å². The van der Waals surface area contributed by atoms with E-state index in [-0.39, 0.29) is 6.42 Å². The van der Waals surface area contributed by atoms with E-state index >= 15 is 0 Å². The molecule has 4 nitrogen and oxygen atoms in total. The van der Waals surface area contributed by atoms with E-state index in [1.165, 1.54) is 0 Å². The van der Waals surface area contributed by atoms with E-state index in [1.807, 2.05) is 0 Å². The van der Waals surface area contributed by atoms with Crippen LogP contribution in [0, 0.1) is 0 Å². The standard InChI is InChI=1S/C3H10NO3P/c1-2-3(4)8(5,6)7/h3H,2,4H2,1H3,(H2,5,6,7)/p-2. The van der Waals surface area contributed by atoms with Crippen LogP contribution in [0.15, 0.2) is 0 Å². The number of rotatable bonds is 2. The molecule has 0 spiro atoms. The van der Waals surface area contributed by atoms with Crippen LogP contribution in [0.4, 0.5) is 0 Å². The van der Waals surface area contributed by atoms with Gasteiger partial charge in [0.2, 0.25) is 0 Å². The molecule has 0 aromatic carbocycles. The summed E-state index contributed by atoms with van der Waals surface area (Å²) in [4.78, 5) is 19.8. The van der Waals surface area contributed by atoms with E-state index < -0.39 is 13.4 Å². The molecule has 0 bridgehead atoms. The highest BCUT2D eigenvalue weighted by atomic mass is 31.2. The van der Waals surface area contributed by atoms with Crippen LogP contribution in [0.25, 0.3) is 0 Å². The van der Waals surface area contributed by atoms with Gasteiger partial charge < -0.3 is 20.1 Å². The zero-order valence-corrected chi connectivity index (χ0v) is 5.43. The minimum atomic E-state index is -4.48. The van der Waals surface area contributed by atoms with E-state index in [9.17, 15) is 14.4 Å². The molecule has 0 aliphatic rings. The molecule has 0 rings (SSSR count). The van der Waals surface area contributed by atoms with Crippen LogP contribution in [-0.2, 0) is 4.57 Å². The first-order chi connectivity index (χ1) is 3.48. The Bertz CT molecular complexity index is 109. The third-order valence-corrected chi connectivity index (χ3v) is 2.00. The molecule has 0 aliphatic heterocycles. The molecule has 0 saturated heterocycles. The van der Waals surface area contributed by atoms with Gasteiger partial charge in [0.05, 0.1) is 0 Å². The van der Waals surface area contributed by atoms with Crippen molar-refractivity contribution in [2.24, 2.45) is 5.73 Å². The van der Waals surface area contributed by atoms with Crippen LogP contribution in [0.5, 0.6) is 0 Å². The molecule has 50 valence electrons. The number of hydrogen-bond acceptors (Lipinski definition) is 4. The summed E-state index contributed by atoms with van der Waals surface area (Å²) in [5.74, 6) is -1.21. The highest BCUT2D eigenvalue weighted by molar-refractivity contribution is 7.49. The molecule has 1 atom stereocenters. The first-order valence-electron chi connectivity index (χ1n) is 2.25. The third kappa shape index (κ3) is 2.43. The first kappa shape index (κ1) is 8.11.